The van der Waals surface area contributed by atoms with Crippen LogP contribution in [0.15, 0.2) is 40.9 Å². The zero-order valence-corrected chi connectivity index (χ0v) is 18.9. The number of aryl methyl sites for hydroxylation is 1. The van der Waals surface area contributed by atoms with E-state index < -0.39 is 0 Å². The van der Waals surface area contributed by atoms with E-state index in [1.165, 1.54) is 0 Å². The molecule has 160 valence electrons. The van der Waals surface area contributed by atoms with E-state index in [9.17, 15) is 9.59 Å². The summed E-state index contributed by atoms with van der Waals surface area (Å²) in [4.78, 5) is 26.4. The summed E-state index contributed by atoms with van der Waals surface area (Å²) in [7, 11) is 1.74. The topological polar surface area (TPSA) is 79.9 Å². The Balaban J connectivity index is 1.48. The van der Waals surface area contributed by atoms with Crippen LogP contribution in [-0.2, 0) is 9.59 Å². The molecule has 0 saturated carbocycles. The summed E-state index contributed by atoms with van der Waals surface area (Å²) in [5, 5.41) is 5.84. The van der Waals surface area contributed by atoms with Gasteiger partial charge < -0.3 is 20.1 Å². The van der Waals surface area contributed by atoms with Crippen LogP contribution >= 0.6 is 15.9 Å². The van der Waals surface area contributed by atoms with Gasteiger partial charge in [-0.25, -0.2) is 0 Å². The number of carbonyl (C=O) groups is 2. The zero-order chi connectivity index (χ0) is 21.7. The first kappa shape index (κ1) is 22.1. The Bertz CT molecular complexity index is 935. The van der Waals surface area contributed by atoms with E-state index in [0.717, 1.165) is 27.0 Å². The molecule has 1 aliphatic rings. The largest absolute Gasteiger partial charge is 0.486 e. The Labute approximate surface area is 184 Å². The monoisotopic (exact) mass is 475 g/mol. The van der Waals surface area contributed by atoms with Crippen molar-refractivity contribution in [2.75, 3.05) is 38.7 Å². The number of nitrogens with zero attached hydrogens (tertiary/aromatic N) is 1. The van der Waals surface area contributed by atoms with Crippen LogP contribution in [0.1, 0.15) is 24.1 Å². The van der Waals surface area contributed by atoms with Gasteiger partial charge in [0.1, 0.15) is 13.2 Å². The Hall–Kier alpha value is -2.58. The molecule has 1 unspecified atom stereocenters. The van der Waals surface area contributed by atoms with Crippen molar-refractivity contribution < 1.29 is 19.1 Å². The number of ether oxygens (including phenoxy) is 2. The maximum Gasteiger partial charge on any atom is 0.238 e. The number of rotatable bonds is 7. The number of fused-ring (bicyclic) bond motifs is 1. The van der Waals surface area contributed by atoms with Crippen molar-refractivity contribution in [3.63, 3.8) is 0 Å². The van der Waals surface area contributed by atoms with Crippen LogP contribution < -0.4 is 20.1 Å². The molecule has 7 nitrogen and oxygen atoms in total. The summed E-state index contributed by atoms with van der Waals surface area (Å²) in [6.45, 7) is 5.12. The minimum atomic E-state index is -0.194. The molecular formula is C22H26BrN3O4. The molecule has 3 rings (SSSR count). The summed E-state index contributed by atoms with van der Waals surface area (Å²) in [5.74, 6) is 1.08. The first-order valence-corrected chi connectivity index (χ1v) is 10.5. The van der Waals surface area contributed by atoms with Gasteiger partial charge in [0.25, 0.3) is 0 Å². The normalized spacial score (nSPS) is 13.6. The van der Waals surface area contributed by atoms with Crippen molar-refractivity contribution in [3.8, 4) is 11.5 Å². The highest BCUT2D eigenvalue weighted by atomic mass is 79.9. The highest BCUT2D eigenvalue weighted by Gasteiger charge is 2.17. The smallest absolute Gasteiger partial charge is 0.238 e. The maximum atomic E-state index is 12.4. The van der Waals surface area contributed by atoms with Crippen molar-refractivity contribution in [2.45, 2.75) is 19.9 Å². The average molecular weight is 476 g/mol. The fourth-order valence-electron chi connectivity index (χ4n) is 3.20. The SMILES string of the molecule is Cc1cc(Br)ccc1NC(=O)CN(C)CC(=O)NC(C)c1ccc2c(c1)OCCO2. The van der Waals surface area contributed by atoms with Crippen LogP contribution in [0.2, 0.25) is 0 Å². The van der Waals surface area contributed by atoms with E-state index in [1.807, 2.05) is 50.2 Å². The molecule has 2 aromatic rings. The van der Waals surface area contributed by atoms with Crippen molar-refractivity contribution in [3.05, 3.63) is 52.0 Å². The van der Waals surface area contributed by atoms with Gasteiger partial charge in [-0.1, -0.05) is 22.0 Å². The number of anilines is 1. The quantitative estimate of drug-likeness (QED) is 0.642. The Morgan fingerprint density at radius 2 is 1.77 bits per heavy atom. The molecule has 1 atom stereocenters. The van der Waals surface area contributed by atoms with Gasteiger partial charge in [-0.2, -0.15) is 0 Å². The molecule has 1 heterocycles. The molecule has 0 fully saturated rings. The minimum absolute atomic E-state index is 0.112. The molecule has 0 aliphatic carbocycles. The van der Waals surface area contributed by atoms with Crippen molar-refractivity contribution in [1.82, 2.24) is 10.2 Å². The molecule has 2 amide bonds. The number of nitrogens with one attached hydrogen (secondary N) is 2. The number of hydrogen-bond acceptors (Lipinski definition) is 5. The predicted molar refractivity (Wildman–Crippen MR) is 119 cm³/mol. The molecule has 30 heavy (non-hydrogen) atoms. The molecule has 2 aromatic carbocycles. The van der Waals surface area contributed by atoms with E-state index in [1.54, 1.807) is 11.9 Å². The van der Waals surface area contributed by atoms with Crippen LogP contribution in [0.25, 0.3) is 0 Å². The molecule has 0 aromatic heterocycles. The fourth-order valence-corrected chi connectivity index (χ4v) is 3.68. The summed E-state index contributed by atoms with van der Waals surface area (Å²) >= 11 is 3.41. The third-order valence-electron chi connectivity index (χ3n) is 4.73. The second kappa shape index (κ2) is 9.95. The highest BCUT2D eigenvalue weighted by Crippen LogP contribution is 2.32. The lowest BCUT2D eigenvalue weighted by molar-refractivity contribution is -0.123. The van der Waals surface area contributed by atoms with E-state index in [2.05, 4.69) is 26.6 Å². The molecule has 0 bridgehead atoms. The predicted octanol–water partition coefficient (Wildman–Crippen LogP) is 3.28. The lowest BCUT2D eigenvalue weighted by atomic mass is 10.1. The van der Waals surface area contributed by atoms with Crippen LogP contribution in [0, 0.1) is 6.92 Å². The third kappa shape index (κ3) is 5.96. The second-order valence-electron chi connectivity index (χ2n) is 7.37. The van der Waals surface area contributed by atoms with E-state index in [0.29, 0.717) is 19.0 Å². The van der Waals surface area contributed by atoms with Gasteiger partial charge in [-0.15, -0.1) is 0 Å². The molecule has 1 aliphatic heterocycles. The van der Waals surface area contributed by atoms with Gasteiger partial charge in [-0.3, -0.25) is 14.5 Å². The first-order chi connectivity index (χ1) is 14.3. The number of hydrogen-bond donors (Lipinski definition) is 2. The summed E-state index contributed by atoms with van der Waals surface area (Å²) in [6.07, 6.45) is 0. The molecule has 2 N–H and O–H groups in total. The van der Waals surface area contributed by atoms with Crippen molar-refractivity contribution in [1.29, 1.82) is 0 Å². The van der Waals surface area contributed by atoms with Crippen LogP contribution in [0.3, 0.4) is 0 Å². The fraction of sp³-hybridized carbons (Fsp3) is 0.364. The lowest BCUT2D eigenvalue weighted by Crippen LogP contribution is -2.39. The Morgan fingerprint density at radius 1 is 1.07 bits per heavy atom. The Morgan fingerprint density at radius 3 is 2.50 bits per heavy atom. The summed E-state index contributed by atoms with van der Waals surface area (Å²) in [6, 6.07) is 11.1. The van der Waals surface area contributed by atoms with E-state index in [-0.39, 0.29) is 30.9 Å². The first-order valence-electron chi connectivity index (χ1n) is 9.75. The second-order valence-corrected chi connectivity index (χ2v) is 8.29. The lowest BCUT2D eigenvalue weighted by Gasteiger charge is -2.22. The summed E-state index contributed by atoms with van der Waals surface area (Å²) in [5.41, 5.74) is 2.65. The van der Waals surface area contributed by atoms with E-state index in [4.69, 9.17) is 9.47 Å². The van der Waals surface area contributed by atoms with E-state index >= 15 is 0 Å². The molecule has 0 spiro atoms. The minimum Gasteiger partial charge on any atom is -0.486 e. The molecule has 8 heteroatoms. The number of amides is 2. The maximum absolute atomic E-state index is 12.4. The zero-order valence-electron chi connectivity index (χ0n) is 17.3. The van der Waals surface area contributed by atoms with Gasteiger partial charge in [0.2, 0.25) is 11.8 Å². The number of likely N-dealkylation sites (N-methyl/N-ethyl adjacent to an activating group) is 1. The molecular weight excluding hydrogens is 450 g/mol. The van der Waals surface area contributed by atoms with Gasteiger partial charge >= 0.3 is 0 Å². The van der Waals surface area contributed by atoms with Gasteiger partial charge in [0.05, 0.1) is 19.1 Å². The third-order valence-corrected chi connectivity index (χ3v) is 5.23. The van der Waals surface area contributed by atoms with Crippen LogP contribution in [0.4, 0.5) is 5.69 Å². The highest BCUT2D eigenvalue weighted by molar-refractivity contribution is 9.10. The van der Waals surface area contributed by atoms with Gasteiger partial charge in [-0.05, 0) is 62.4 Å². The van der Waals surface area contributed by atoms with Crippen molar-refractivity contribution in [2.24, 2.45) is 0 Å². The van der Waals surface area contributed by atoms with Gasteiger partial charge in [0, 0.05) is 10.2 Å². The average Bonchev–Trinajstić information content (AvgIpc) is 2.69. The Kier molecular flexibility index (Phi) is 7.33. The van der Waals surface area contributed by atoms with Gasteiger partial charge in [0.15, 0.2) is 11.5 Å². The number of carbonyl (C=O) groups excluding carboxylic acids is 2. The van der Waals surface area contributed by atoms with Crippen molar-refractivity contribution >= 4 is 33.4 Å². The standard InChI is InChI=1S/C22H26BrN3O4/c1-14-10-17(23)5-6-18(14)25-22(28)13-26(3)12-21(27)24-15(2)16-4-7-19-20(11-16)30-9-8-29-19/h4-7,10-11,15H,8-9,12-13H2,1-3H3,(H,24,27)(H,25,28). The number of benzene rings is 2. The summed E-state index contributed by atoms with van der Waals surface area (Å²) < 4.78 is 12.1. The number of halogens is 1. The molecule has 0 saturated heterocycles. The van der Waals surface area contributed by atoms with Crippen LogP contribution in [-0.4, -0.2) is 50.1 Å². The van der Waals surface area contributed by atoms with Crippen LogP contribution in [0.5, 0.6) is 11.5 Å². The molecule has 0 radical (unpaired) electrons.